The first-order valence-electron chi connectivity index (χ1n) is 6.54. The van der Waals surface area contributed by atoms with Crippen LogP contribution >= 0.6 is 0 Å². The molecule has 0 radical (unpaired) electrons. The number of nitrogens with two attached hydrogens (primary N) is 1. The summed E-state index contributed by atoms with van der Waals surface area (Å²) in [5.41, 5.74) is 2.56. The second-order valence-electron chi connectivity index (χ2n) is 5.33. The van der Waals surface area contributed by atoms with Gasteiger partial charge in [0, 0.05) is 25.2 Å². The fourth-order valence-electron chi connectivity index (χ4n) is 2.53. The van der Waals surface area contributed by atoms with E-state index in [1.165, 1.54) is 6.26 Å². The van der Waals surface area contributed by atoms with Gasteiger partial charge >= 0.3 is 0 Å². The Labute approximate surface area is 113 Å². The lowest BCUT2D eigenvalue weighted by atomic mass is 10.1. The number of piperazine rings is 1. The summed E-state index contributed by atoms with van der Waals surface area (Å²) in [5.74, 6) is 5.56. The first kappa shape index (κ1) is 14.0. The fraction of sp³-hybridized carbons (Fsp3) is 0.615. The van der Waals surface area contributed by atoms with E-state index in [1.807, 2.05) is 0 Å². The van der Waals surface area contributed by atoms with Crippen LogP contribution in [0.5, 0.6) is 0 Å². The van der Waals surface area contributed by atoms with Crippen LogP contribution < -0.4 is 11.3 Å². The van der Waals surface area contributed by atoms with Gasteiger partial charge in [0.1, 0.15) is 12.0 Å². The molecule has 0 saturated carbocycles. The molecule has 1 aromatic rings. The number of hydrazine groups is 1. The normalized spacial score (nSPS) is 25.5. The van der Waals surface area contributed by atoms with Crippen LogP contribution in [0.4, 0.5) is 0 Å². The largest absolute Gasteiger partial charge is 0.467 e. The molecule has 0 aromatic carbocycles. The van der Waals surface area contributed by atoms with Crippen molar-refractivity contribution in [3.8, 4) is 0 Å². The zero-order valence-electron chi connectivity index (χ0n) is 11.7. The van der Waals surface area contributed by atoms with Gasteiger partial charge in [-0.2, -0.15) is 0 Å². The van der Waals surface area contributed by atoms with Gasteiger partial charge in [-0.25, -0.2) is 5.84 Å². The highest BCUT2D eigenvalue weighted by molar-refractivity contribution is 5.93. The van der Waals surface area contributed by atoms with Crippen molar-refractivity contribution in [1.29, 1.82) is 0 Å². The van der Waals surface area contributed by atoms with E-state index >= 15 is 0 Å². The molecule has 0 bridgehead atoms. The smallest absolute Gasteiger partial charge is 0.268 e. The predicted molar refractivity (Wildman–Crippen MR) is 72.3 cm³/mol. The first-order chi connectivity index (χ1) is 9.01. The highest BCUT2D eigenvalue weighted by atomic mass is 16.3. The Hall–Kier alpha value is -1.37. The van der Waals surface area contributed by atoms with Crippen molar-refractivity contribution in [2.75, 3.05) is 20.1 Å². The quantitative estimate of drug-likeness (QED) is 0.471. The van der Waals surface area contributed by atoms with E-state index in [9.17, 15) is 4.79 Å². The Morgan fingerprint density at radius 3 is 2.68 bits per heavy atom. The van der Waals surface area contributed by atoms with Crippen molar-refractivity contribution in [2.45, 2.75) is 32.5 Å². The number of hydrogen-bond donors (Lipinski definition) is 2. The topological polar surface area (TPSA) is 74.7 Å². The van der Waals surface area contributed by atoms with Gasteiger partial charge in [0.15, 0.2) is 0 Å². The maximum Gasteiger partial charge on any atom is 0.268 e. The maximum atomic E-state index is 11.3. The molecule has 2 rings (SSSR count). The molecule has 2 heterocycles. The first-order valence-corrected chi connectivity index (χ1v) is 6.54. The minimum atomic E-state index is -0.324. The number of carbonyl (C=O) groups is 1. The van der Waals surface area contributed by atoms with Gasteiger partial charge in [-0.05, 0) is 27.0 Å². The van der Waals surface area contributed by atoms with Gasteiger partial charge in [-0.1, -0.05) is 0 Å². The second-order valence-corrected chi connectivity index (χ2v) is 5.33. The molecule has 0 aliphatic carbocycles. The Balaban J connectivity index is 1.98. The molecule has 1 saturated heterocycles. The summed E-state index contributed by atoms with van der Waals surface area (Å²) in [5, 5.41) is 0. The van der Waals surface area contributed by atoms with Crippen molar-refractivity contribution >= 4 is 5.91 Å². The zero-order chi connectivity index (χ0) is 14.0. The molecule has 1 aliphatic rings. The van der Waals surface area contributed by atoms with E-state index in [-0.39, 0.29) is 5.91 Å². The van der Waals surface area contributed by atoms with Gasteiger partial charge in [-0.15, -0.1) is 0 Å². The number of nitrogens with one attached hydrogen (secondary N) is 1. The van der Waals surface area contributed by atoms with Gasteiger partial charge < -0.3 is 4.42 Å². The Morgan fingerprint density at radius 2 is 2.11 bits per heavy atom. The number of amides is 1. The average Bonchev–Trinajstić information content (AvgIpc) is 2.83. The summed E-state index contributed by atoms with van der Waals surface area (Å²) in [6.45, 7) is 7.16. The molecule has 0 spiro atoms. The van der Waals surface area contributed by atoms with Gasteiger partial charge in [0.05, 0.1) is 12.1 Å². The third-order valence-electron chi connectivity index (χ3n) is 3.86. The van der Waals surface area contributed by atoms with Crippen molar-refractivity contribution in [3.63, 3.8) is 0 Å². The van der Waals surface area contributed by atoms with Crippen molar-refractivity contribution < 1.29 is 9.21 Å². The lowest BCUT2D eigenvalue weighted by Gasteiger charge is -2.42. The van der Waals surface area contributed by atoms with Crippen LogP contribution in [0.3, 0.4) is 0 Å². The molecule has 1 fully saturated rings. The molecular formula is C13H22N4O2. The lowest BCUT2D eigenvalue weighted by Crippen LogP contribution is -2.54. The van der Waals surface area contributed by atoms with Crippen molar-refractivity contribution in [2.24, 2.45) is 5.84 Å². The Morgan fingerprint density at radius 1 is 1.47 bits per heavy atom. The number of furan rings is 1. The number of likely N-dealkylation sites (N-methyl/N-ethyl adjacent to an activating group) is 1. The minimum absolute atomic E-state index is 0.324. The van der Waals surface area contributed by atoms with Gasteiger partial charge in [0.2, 0.25) is 0 Å². The Kier molecular flexibility index (Phi) is 4.24. The molecule has 3 N–H and O–H groups in total. The number of carbonyl (C=O) groups excluding carboxylic acids is 1. The summed E-state index contributed by atoms with van der Waals surface area (Å²) >= 11 is 0. The van der Waals surface area contributed by atoms with Crippen molar-refractivity contribution in [3.05, 3.63) is 23.7 Å². The molecule has 2 atom stereocenters. The van der Waals surface area contributed by atoms with Gasteiger partial charge in [-0.3, -0.25) is 20.0 Å². The second kappa shape index (κ2) is 5.73. The summed E-state index contributed by atoms with van der Waals surface area (Å²) in [6.07, 6.45) is 1.44. The van der Waals surface area contributed by atoms with E-state index in [1.54, 1.807) is 6.07 Å². The van der Waals surface area contributed by atoms with Crippen LogP contribution in [0.2, 0.25) is 0 Å². The van der Waals surface area contributed by atoms with Crippen molar-refractivity contribution in [1.82, 2.24) is 15.2 Å². The van der Waals surface area contributed by atoms with E-state index in [0.717, 1.165) is 25.4 Å². The zero-order valence-corrected chi connectivity index (χ0v) is 11.7. The molecule has 1 aromatic heterocycles. The summed E-state index contributed by atoms with van der Waals surface area (Å²) in [6, 6.07) is 2.78. The summed E-state index contributed by atoms with van der Waals surface area (Å²) in [7, 11) is 2.16. The van der Waals surface area contributed by atoms with Crippen LogP contribution in [0.1, 0.15) is 30.0 Å². The Bertz CT molecular complexity index is 434. The highest BCUT2D eigenvalue weighted by Crippen LogP contribution is 2.17. The van der Waals surface area contributed by atoms with Crippen LogP contribution in [-0.2, 0) is 6.54 Å². The summed E-state index contributed by atoms with van der Waals surface area (Å²) < 4.78 is 5.42. The number of nitrogens with zero attached hydrogens (tertiary/aromatic N) is 2. The SMILES string of the molecule is CC1CN(Cc2cc(C(=O)NN)co2)CC(C)N1C. The number of hydrogen-bond acceptors (Lipinski definition) is 5. The molecule has 1 aliphatic heterocycles. The standard InChI is InChI=1S/C13H22N4O2/c1-9-5-17(6-10(2)16(9)3)7-12-4-11(8-19-12)13(18)15-14/h4,8-10H,5-7,14H2,1-3H3,(H,15,18). The third-order valence-corrected chi connectivity index (χ3v) is 3.86. The third kappa shape index (κ3) is 3.15. The number of nitrogen functional groups attached to an aromatic ring is 1. The molecule has 1 amide bonds. The molecular weight excluding hydrogens is 244 g/mol. The number of rotatable bonds is 3. The van der Waals surface area contributed by atoms with E-state index in [0.29, 0.717) is 17.6 Å². The van der Waals surface area contributed by atoms with Crippen LogP contribution in [0.15, 0.2) is 16.7 Å². The van der Waals surface area contributed by atoms with Crippen LogP contribution in [-0.4, -0.2) is 47.9 Å². The molecule has 2 unspecified atom stereocenters. The molecule has 6 heteroatoms. The fourth-order valence-corrected chi connectivity index (χ4v) is 2.53. The van der Waals surface area contributed by atoms with Crippen LogP contribution in [0.25, 0.3) is 0 Å². The predicted octanol–water partition coefficient (Wildman–Crippen LogP) is 0.408. The van der Waals surface area contributed by atoms with E-state index in [4.69, 9.17) is 10.3 Å². The lowest BCUT2D eigenvalue weighted by molar-refractivity contribution is 0.0518. The monoisotopic (exact) mass is 266 g/mol. The van der Waals surface area contributed by atoms with Gasteiger partial charge in [0.25, 0.3) is 5.91 Å². The highest BCUT2D eigenvalue weighted by Gasteiger charge is 2.27. The van der Waals surface area contributed by atoms with E-state index in [2.05, 4.69) is 36.1 Å². The van der Waals surface area contributed by atoms with E-state index < -0.39 is 0 Å². The van der Waals surface area contributed by atoms with Crippen LogP contribution in [0, 0.1) is 0 Å². The average molecular weight is 266 g/mol. The summed E-state index contributed by atoms with van der Waals surface area (Å²) in [4.78, 5) is 16.1. The molecule has 106 valence electrons. The molecule has 6 nitrogen and oxygen atoms in total. The minimum Gasteiger partial charge on any atom is -0.467 e. The maximum absolute atomic E-state index is 11.3. The molecule has 19 heavy (non-hydrogen) atoms.